The van der Waals surface area contributed by atoms with Gasteiger partial charge in [0.25, 0.3) is 5.91 Å². The van der Waals surface area contributed by atoms with Gasteiger partial charge in [-0.05, 0) is 30.7 Å². The molecule has 0 spiro atoms. The molecule has 0 unspecified atom stereocenters. The number of carbonyl (C=O) groups is 2. The molecule has 0 N–H and O–H groups in total. The Hall–Kier alpha value is -2.90. The average molecular weight is 368 g/mol. The van der Waals surface area contributed by atoms with E-state index in [1.165, 1.54) is 0 Å². The maximum atomic E-state index is 12.6. The van der Waals surface area contributed by atoms with E-state index in [0.29, 0.717) is 31.6 Å². The van der Waals surface area contributed by atoms with Crippen molar-refractivity contribution in [3.63, 3.8) is 0 Å². The topological polar surface area (TPSA) is 74.6 Å². The van der Waals surface area contributed by atoms with Crippen molar-refractivity contribution in [2.45, 2.75) is 25.4 Å². The molecule has 2 saturated heterocycles. The Morgan fingerprint density at radius 2 is 1.96 bits per heavy atom. The summed E-state index contributed by atoms with van der Waals surface area (Å²) in [6.07, 6.45) is 3.44. The molecular weight excluding hydrogens is 344 g/mol. The van der Waals surface area contributed by atoms with Gasteiger partial charge in [-0.25, -0.2) is 4.68 Å². The van der Waals surface area contributed by atoms with E-state index in [0.717, 1.165) is 24.3 Å². The summed E-state index contributed by atoms with van der Waals surface area (Å²) in [6.45, 7) is 2.57. The summed E-state index contributed by atoms with van der Waals surface area (Å²) < 4.78 is 1.81. The van der Waals surface area contributed by atoms with Crippen LogP contribution in [-0.2, 0) is 11.3 Å². The molecule has 0 aliphatic carbocycles. The summed E-state index contributed by atoms with van der Waals surface area (Å²) in [5, 5.41) is 8.37. The minimum Gasteiger partial charge on any atom is -0.378 e. The van der Waals surface area contributed by atoms with Crippen molar-refractivity contribution in [1.29, 1.82) is 0 Å². The lowest BCUT2D eigenvalue weighted by atomic mass is 10.1. The molecule has 0 atom stereocenters. The SMILES string of the molecule is CN(C)c1ccc(C(=O)N2CC(n3cc(CN4CCCC4=O)nn3)C2)cc1. The normalized spacial score (nSPS) is 17.3. The van der Waals surface area contributed by atoms with Crippen molar-refractivity contribution in [3.8, 4) is 0 Å². The first-order valence-corrected chi connectivity index (χ1v) is 9.26. The summed E-state index contributed by atoms with van der Waals surface area (Å²) in [7, 11) is 3.95. The molecular formula is C19H24N6O2. The van der Waals surface area contributed by atoms with E-state index in [-0.39, 0.29) is 17.9 Å². The van der Waals surface area contributed by atoms with Crippen LogP contribution in [0.1, 0.15) is 34.9 Å². The number of rotatable bonds is 5. The molecule has 8 heteroatoms. The largest absolute Gasteiger partial charge is 0.378 e. The Morgan fingerprint density at radius 3 is 2.59 bits per heavy atom. The lowest BCUT2D eigenvalue weighted by molar-refractivity contribution is -0.128. The van der Waals surface area contributed by atoms with Crippen LogP contribution in [-0.4, -0.2) is 70.3 Å². The third-order valence-corrected chi connectivity index (χ3v) is 5.24. The van der Waals surface area contributed by atoms with Gasteiger partial charge in [0.1, 0.15) is 5.69 Å². The highest BCUT2D eigenvalue weighted by atomic mass is 16.2. The van der Waals surface area contributed by atoms with Crippen LogP contribution in [0.25, 0.3) is 0 Å². The number of aromatic nitrogens is 3. The second-order valence-electron chi connectivity index (χ2n) is 7.41. The van der Waals surface area contributed by atoms with E-state index in [2.05, 4.69) is 10.3 Å². The second kappa shape index (κ2) is 7.02. The van der Waals surface area contributed by atoms with Gasteiger partial charge in [-0.1, -0.05) is 5.21 Å². The molecule has 0 saturated carbocycles. The van der Waals surface area contributed by atoms with Gasteiger partial charge in [0, 0.05) is 51.4 Å². The molecule has 2 amide bonds. The van der Waals surface area contributed by atoms with Gasteiger partial charge in [0.2, 0.25) is 5.91 Å². The molecule has 2 aromatic rings. The maximum absolute atomic E-state index is 12.6. The van der Waals surface area contributed by atoms with E-state index in [1.54, 1.807) is 0 Å². The van der Waals surface area contributed by atoms with Crippen LogP contribution in [0.4, 0.5) is 5.69 Å². The van der Waals surface area contributed by atoms with Crippen LogP contribution in [0.15, 0.2) is 30.5 Å². The number of amides is 2. The highest BCUT2D eigenvalue weighted by molar-refractivity contribution is 5.95. The Morgan fingerprint density at radius 1 is 1.22 bits per heavy atom. The molecule has 3 heterocycles. The van der Waals surface area contributed by atoms with Crippen LogP contribution in [0.2, 0.25) is 0 Å². The van der Waals surface area contributed by atoms with E-state index in [1.807, 2.05) is 63.9 Å². The van der Waals surface area contributed by atoms with Crippen LogP contribution in [0.3, 0.4) is 0 Å². The molecule has 8 nitrogen and oxygen atoms in total. The van der Waals surface area contributed by atoms with Crippen molar-refractivity contribution < 1.29 is 9.59 Å². The summed E-state index contributed by atoms with van der Waals surface area (Å²) >= 11 is 0. The highest BCUT2D eigenvalue weighted by Crippen LogP contribution is 2.24. The van der Waals surface area contributed by atoms with Gasteiger partial charge in [-0.15, -0.1) is 5.10 Å². The summed E-state index contributed by atoms with van der Waals surface area (Å²) in [4.78, 5) is 29.9. The number of hydrogen-bond donors (Lipinski definition) is 0. The van der Waals surface area contributed by atoms with Gasteiger partial charge in [-0.3, -0.25) is 9.59 Å². The number of hydrogen-bond acceptors (Lipinski definition) is 5. The number of anilines is 1. The van der Waals surface area contributed by atoms with Crippen LogP contribution < -0.4 is 4.90 Å². The van der Waals surface area contributed by atoms with Crippen molar-refractivity contribution in [1.82, 2.24) is 24.8 Å². The van der Waals surface area contributed by atoms with E-state index < -0.39 is 0 Å². The highest BCUT2D eigenvalue weighted by Gasteiger charge is 2.33. The predicted octanol–water partition coefficient (Wildman–Crippen LogP) is 1.16. The second-order valence-corrected chi connectivity index (χ2v) is 7.41. The Bertz CT molecular complexity index is 838. The third kappa shape index (κ3) is 3.51. The molecule has 4 rings (SSSR count). The van der Waals surface area contributed by atoms with E-state index in [9.17, 15) is 9.59 Å². The smallest absolute Gasteiger partial charge is 0.254 e. The zero-order valence-corrected chi connectivity index (χ0v) is 15.7. The Kier molecular flexibility index (Phi) is 4.55. The first kappa shape index (κ1) is 17.5. The van der Waals surface area contributed by atoms with Gasteiger partial charge in [-0.2, -0.15) is 0 Å². The number of likely N-dealkylation sites (tertiary alicyclic amines) is 2. The molecule has 27 heavy (non-hydrogen) atoms. The van der Waals surface area contributed by atoms with Gasteiger partial charge in [0.15, 0.2) is 0 Å². The average Bonchev–Trinajstić information content (AvgIpc) is 3.23. The minimum absolute atomic E-state index is 0.0413. The van der Waals surface area contributed by atoms with Gasteiger partial charge in [0.05, 0.1) is 18.8 Å². The van der Waals surface area contributed by atoms with E-state index >= 15 is 0 Å². The van der Waals surface area contributed by atoms with Crippen molar-refractivity contribution in [2.75, 3.05) is 38.6 Å². The summed E-state index contributed by atoms with van der Waals surface area (Å²) in [5.74, 6) is 0.227. The number of nitrogens with zero attached hydrogens (tertiary/aromatic N) is 6. The minimum atomic E-state index is 0.0413. The Labute approximate surface area is 158 Å². The van der Waals surface area contributed by atoms with Crippen molar-refractivity contribution >= 4 is 17.5 Å². The van der Waals surface area contributed by atoms with Crippen LogP contribution in [0.5, 0.6) is 0 Å². The lowest BCUT2D eigenvalue weighted by Gasteiger charge is -2.38. The Balaban J connectivity index is 1.32. The quantitative estimate of drug-likeness (QED) is 0.792. The molecule has 2 aliphatic heterocycles. The fraction of sp³-hybridized carbons (Fsp3) is 0.474. The van der Waals surface area contributed by atoms with Crippen molar-refractivity contribution in [2.24, 2.45) is 0 Å². The molecule has 142 valence electrons. The van der Waals surface area contributed by atoms with Gasteiger partial charge < -0.3 is 14.7 Å². The standard InChI is InChI=1S/C19H24N6O2/c1-22(2)16-7-5-14(6-8-16)19(27)24-12-17(13-24)25-11-15(20-21-25)10-23-9-3-4-18(23)26/h5-8,11,17H,3-4,9-10,12-13H2,1-2H3. The van der Waals surface area contributed by atoms with Crippen LogP contribution >= 0.6 is 0 Å². The summed E-state index contributed by atoms with van der Waals surface area (Å²) in [6, 6.07) is 7.78. The zero-order valence-electron chi connectivity index (χ0n) is 15.7. The molecule has 1 aromatic heterocycles. The summed E-state index contributed by atoms with van der Waals surface area (Å²) in [5.41, 5.74) is 2.57. The fourth-order valence-corrected chi connectivity index (χ4v) is 3.50. The number of benzene rings is 1. The first-order chi connectivity index (χ1) is 13.0. The molecule has 0 radical (unpaired) electrons. The van der Waals surface area contributed by atoms with Gasteiger partial charge >= 0.3 is 0 Å². The molecule has 0 bridgehead atoms. The molecule has 2 aliphatic rings. The maximum Gasteiger partial charge on any atom is 0.254 e. The number of carbonyl (C=O) groups excluding carboxylic acids is 2. The lowest BCUT2D eigenvalue weighted by Crippen LogP contribution is -2.50. The van der Waals surface area contributed by atoms with E-state index in [4.69, 9.17) is 0 Å². The zero-order chi connectivity index (χ0) is 19.0. The molecule has 2 fully saturated rings. The van der Waals surface area contributed by atoms with Crippen LogP contribution in [0, 0.1) is 0 Å². The predicted molar refractivity (Wildman–Crippen MR) is 100 cm³/mol. The first-order valence-electron chi connectivity index (χ1n) is 9.26. The third-order valence-electron chi connectivity index (χ3n) is 5.24. The fourth-order valence-electron chi connectivity index (χ4n) is 3.50. The van der Waals surface area contributed by atoms with Crippen molar-refractivity contribution in [3.05, 3.63) is 41.7 Å². The molecule has 1 aromatic carbocycles. The monoisotopic (exact) mass is 368 g/mol.